The molecule has 0 spiro atoms. The fraction of sp³-hybridized carbons (Fsp3) is 0.600. The summed E-state index contributed by atoms with van der Waals surface area (Å²) in [6, 6.07) is 0. The molecule has 3 N–H and O–H groups in total. The molecule has 1 unspecified atom stereocenters. The standard InChI is InChI=1S/C45H74NO8P/c1-3-5-7-9-11-13-15-17-19-20-21-22-24-26-28-30-32-34-36-38-45(48)54-43(42-53-55(49,50)52-40-39-46)41-51-44(47)37-35-33-31-29-27-25-23-18-16-14-12-10-8-6-4-2/h5,7,11-14,17-19,21-23,26,28,32,34,43H,3-4,6,8-10,15-16,20,24-25,27,29-31,33,35-42,46H2,1-2H3,(H,49,50)/b7-5+,13-11+,14-12+,19-17+,22-21+,23-18+,28-26+,34-32+/t43-/m1/s1. The second-order valence-electron chi connectivity index (χ2n) is 13.1. The highest BCUT2D eigenvalue weighted by Gasteiger charge is 2.25. The molecule has 0 bridgehead atoms. The van der Waals surface area contributed by atoms with E-state index in [0.29, 0.717) is 12.8 Å². The van der Waals surface area contributed by atoms with E-state index in [4.69, 9.17) is 24.3 Å². The largest absolute Gasteiger partial charge is 0.472 e. The van der Waals surface area contributed by atoms with Gasteiger partial charge < -0.3 is 20.1 Å². The molecule has 0 aromatic heterocycles. The third kappa shape index (κ3) is 40.4. The maximum Gasteiger partial charge on any atom is 0.472 e. The van der Waals surface area contributed by atoms with Gasteiger partial charge in [-0.15, -0.1) is 0 Å². The Bertz CT molecular complexity index is 1220. The highest BCUT2D eigenvalue weighted by molar-refractivity contribution is 7.47. The summed E-state index contributed by atoms with van der Waals surface area (Å²) >= 11 is 0. The number of rotatable bonds is 37. The van der Waals surface area contributed by atoms with Crippen LogP contribution in [0.5, 0.6) is 0 Å². The number of hydrogen-bond donors (Lipinski definition) is 2. The molecule has 0 amide bonds. The van der Waals surface area contributed by atoms with Crippen molar-refractivity contribution in [3.63, 3.8) is 0 Å². The number of carbonyl (C=O) groups is 2. The van der Waals surface area contributed by atoms with E-state index in [-0.39, 0.29) is 32.6 Å². The Morgan fingerprint density at radius 2 is 1.04 bits per heavy atom. The molecule has 0 aromatic carbocycles. The predicted octanol–water partition coefficient (Wildman–Crippen LogP) is 11.8. The van der Waals surface area contributed by atoms with Crippen molar-refractivity contribution in [1.29, 1.82) is 0 Å². The Morgan fingerprint density at radius 1 is 0.564 bits per heavy atom. The van der Waals surface area contributed by atoms with Crippen molar-refractivity contribution in [2.24, 2.45) is 5.73 Å². The normalized spacial score (nSPS) is 14.3. The maximum absolute atomic E-state index is 12.5. The molecule has 0 aliphatic rings. The molecular weight excluding hydrogens is 713 g/mol. The number of hydrogen-bond acceptors (Lipinski definition) is 8. The SMILES string of the molecule is CC/C=C/C/C=C/C/C=C/C/C=C/C/C=C/C/C=C/CCC(=O)O[C@H](COC(=O)CCCCCCC/C=C/C/C=C/CCCCC)COP(=O)(O)OCCN. The van der Waals surface area contributed by atoms with E-state index in [0.717, 1.165) is 77.0 Å². The summed E-state index contributed by atoms with van der Waals surface area (Å²) in [5.74, 6) is -0.954. The molecule has 0 radical (unpaired) electrons. The first-order valence-corrected chi connectivity index (χ1v) is 22.2. The van der Waals surface area contributed by atoms with Crippen LogP contribution in [0.2, 0.25) is 0 Å². The van der Waals surface area contributed by atoms with Gasteiger partial charge in [0.15, 0.2) is 6.10 Å². The highest BCUT2D eigenvalue weighted by Crippen LogP contribution is 2.43. The van der Waals surface area contributed by atoms with Crippen LogP contribution < -0.4 is 5.73 Å². The van der Waals surface area contributed by atoms with Gasteiger partial charge in [0.25, 0.3) is 0 Å². The number of phosphoric ester groups is 1. The molecule has 2 atom stereocenters. The molecule has 312 valence electrons. The first kappa shape index (κ1) is 51.9. The fourth-order valence-corrected chi connectivity index (χ4v) is 5.69. The Balaban J connectivity index is 4.37. The van der Waals surface area contributed by atoms with Crippen LogP contribution in [-0.2, 0) is 32.7 Å². The third-order valence-corrected chi connectivity index (χ3v) is 8.95. The van der Waals surface area contributed by atoms with Gasteiger partial charge >= 0.3 is 19.8 Å². The molecule has 0 aromatic rings. The Kier molecular flexibility index (Phi) is 38.3. The second-order valence-corrected chi connectivity index (χ2v) is 14.6. The van der Waals surface area contributed by atoms with E-state index < -0.39 is 32.5 Å². The number of allylic oxidation sites excluding steroid dienone is 16. The average Bonchev–Trinajstić information content (AvgIpc) is 3.17. The predicted molar refractivity (Wildman–Crippen MR) is 228 cm³/mol. The minimum Gasteiger partial charge on any atom is -0.462 e. The zero-order valence-corrected chi connectivity index (χ0v) is 35.0. The summed E-state index contributed by atoms with van der Waals surface area (Å²) in [6.45, 7) is 3.46. The Labute approximate surface area is 334 Å². The van der Waals surface area contributed by atoms with Gasteiger partial charge in [0, 0.05) is 19.4 Å². The van der Waals surface area contributed by atoms with Crippen LogP contribution in [0.1, 0.15) is 142 Å². The monoisotopic (exact) mass is 788 g/mol. The Morgan fingerprint density at radius 3 is 1.56 bits per heavy atom. The summed E-state index contributed by atoms with van der Waals surface area (Å²) in [7, 11) is -4.41. The number of esters is 2. The zero-order valence-electron chi connectivity index (χ0n) is 34.1. The number of unbranched alkanes of at least 4 members (excludes halogenated alkanes) is 8. The van der Waals surface area contributed by atoms with E-state index in [1.54, 1.807) is 0 Å². The summed E-state index contributed by atoms with van der Waals surface area (Å²) in [5, 5.41) is 0. The van der Waals surface area contributed by atoms with Crippen molar-refractivity contribution < 1.29 is 37.6 Å². The van der Waals surface area contributed by atoms with Gasteiger partial charge in [-0.25, -0.2) is 4.57 Å². The fourth-order valence-electron chi connectivity index (χ4n) is 4.92. The third-order valence-electron chi connectivity index (χ3n) is 7.97. The van der Waals surface area contributed by atoms with Crippen LogP contribution in [-0.4, -0.2) is 49.3 Å². The van der Waals surface area contributed by atoms with Crippen LogP contribution >= 0.6 is 7.82 Å². The maximum atomic E-state index is 12.5. The summed E-state index contributed by atoms with van der Waals surface area (Å²) in [4.78, 5) is 34.8. The highest BCUT2D eigenvalue weighted by atomic mass is 31.2. The summed E-state index contributed by atoms with van der Waals surface area (Å²) in [5.41, 5.74) is 5.33. The molecule has 0 saturated heterocycles. The minimum atomic E-state index is -4.41. The number of nitrogens with two attached hydrogens (primary N) is 1. The first-order valence-electron chi connectivity index (χ1n) is 20.7. The number of ether oxygens (including phenoxy) is 2. The van der Waals surface area contributed by atoms with Crippen LogP contribution in [0.4, 0.5) is 0 Å². The number of phosphoric acid groups is 1. The van der Waals surface area contributed by atoms with Gasteiger partial charge in [-0.3, -0.25) is 18.6 Å². The molecule has 0 heterocycles. The van der Waals surface area contributed by atoms with E-state index in [1.807, 2.05) is 12.2 Å². The lowest BCUT2D eigenvalue weighted by Crippen LogP contribution is -2.29. The van der Waals surface area contributed by atoms with Gasteiger partial charge in [-0.2, -0.15) is 0 Å². The van der Waals surface area contributed by atoms with E-state index in [1.165, 1.54) is 25.7 Å². The van der Waals surface area contributed by atoms with Crippen molar-refractivity contribution in [1.82, 2.24) is 0 Å². The van der Waals surface area contributed by atoms with Crippen LogP contribution in [0.3, 0.4) is 0 Å². The molecule has 0 aliphatic heterocycles. The van der Waals surface area contributed by atoms with Crippen molar-refractivity contribution in [2.45, 2.75) is 148 Å². The molecule has 55 heavy (non-hydrogen) atoms. The number of carbonyl (C=O) groups excluding carboxylic acids is 2. The lowest BCUT2D eigenvalue weighted by molar-refractivity contribution is -0.161. The van der Waals surface area contributed by atoms with Crippen molar-refractivity contribution in [2.75, 3.05) is 26.4 Å². The van der Waals surface area contributed by atoms with Gasteiger partial charge in [0.05, 0.1) is 13.2 Å². The lowest BCUT2D eigenvalue weighted by atomic mass is 10.1. The molecule has 0 fully saturated rings. The van der Waals surface area contributed by atoms with Gasteiger partial charge in [0.1, 0.15) is 6.61 Å². The summed E-state index contributed by atoms with van der Waals surface area (Å²) < 4.78 is 32.6. The Hall–Kier alpha value is -3.07. The van der Waals surface area contributed by atoms with Crippen molar-refractivity contribution in [3.05, 3.63) is 97.2 Å². The van der Waals surface area contributed by atoms with Crippen LogP contribution in [0.15, 0.2) is 97.2 Å². The second kappa shape index (κ2) is 40.6. The molecule has 10 heteroatoms. The molecule has 0 aliphatic carbocycles. The average molecular weight is 788 g/mol. The molecule has 9 nitrogen and oxygen atoms in total. The molecule has 0 saturated carbocycles. The minimum absolute atomic E-state index is 0.0344. The lowest BCUT2D eigenvalue weighted by Gasteiger charge is -2.19. The van der Waals surface area contributed by atoms with Crippen molar-refractivity contribution >= 4 is 19.8 Å². The zero-order chi connectivity index (χ0) is 40.3. The quantitative estimate of drug-likeness (QED) is 0.0273. The summed E-state index contributed by atoms with van der Waals surface area (Å²) in [6.07, 6.45) is 51.6. The van der Waals surface area contributed by atoms with Gasteiger partial charge in [-0.1, -0.05) is 143 Å². The topological polar surface area (TPSA) is 134 Å². The smallest absolute Gasteiger partial charge is 0.462 e. The molecule has 0 rings (SSSR count). The van der Waals surface area contributed by atoms with Crippen LogP contribution in [0.25, 0.3) is 0 Å². The van der Waals surface area contributed by atoms with Crippen molar-refractivity contribution in [3.8, 4) is 0 Å². The molecular formula is C45H74NO8P. The first-order chi connectivity index (χ1) is 26.8. The van der Waals surface area contributed by atoms with Gasteiger partial charge in [-0.05, 0) is 83.5 Å². The van der Waals surface area contributed by atoms with Crippen LogP contribution in [0, 0.1) is 0 Å². The van der Waals surface area contributed by atoms with Gasteiger partial charge in [0.2, 0.25) is 0 Å². The van der Waals surface area contributed by atoms with E-state index in [2.05, 4.69) is 98.9 Å². The van der Waals surface area contributed by atoms with E-state index in [9.17, 15) is 19.0 Å². The van der Waals surface area contributed by atoms with E-state index >= 15 is 0 Å².